The molecule has 0 spiro atoms. The van der Waals surface area contributed by atoms with Crippen molar-refractivity contribution < 1.29 is 14.3 Å². The fraction of sp³-hybridized carbons (Fsp3) is 0.417. The Balaban J connectivity index is 1.35. The lowest BCUT2D eigenvalue weighted by Crippen LogP contribution is -2.39. The molecule has 0 aromatic heterocycles. The number of hydrogen-bond donors (Lipinski definition) is 0. The Bertz CT molecular complexity index is 872. The number of benzene rings is 2. The average molecular weight is 392 g/mol. The Hall–Kier alpha value is -2.82. The molecule has 2 amide bonds. The van der Waals surface area contributed by atoms with Crippen LogP contribution in [0.4, 0.5) is 0 Å². The third-order valence-corrected chi connectivity index (χ3v) is 5.84. The van der Waals surface area contributed by atoms with Crippen LogP contribution in [0.25, 0.3) is 0 Å². The van der Waals surface area contributed by atoms with Gasteiger partial charge >= 0.3 is 0 Å². The van der Waals surface area contributed by atoms with Gasteiger partial charge in [-0.2, -0.15) is 0 Å². The van der Waals surface area contributed by atoms with Crippen molar-refractivity contribution in [2.24, 2.45) is 0 Å². The third kappa shape index (κ3) is 4.44. The molecule has 29 heavy (non-hydrogen) atoms. The highest BCUT2D eigenvalue weighted by Crippen LogP contribution is 2.23. The zero-order valence-corrected chi connectivity index (χ0v) is 17.0. The summed E-state index contributed by atoms with van der Waals surface area (Å²) in [5, 5.41) is 0. The molecule has 2 saturated heterocycles. The molecule has 2 fully saturated rings. The summed E-state index contributed by atoms with van der Waals surface area (Å²) >= 11 is 0. The molecule has 4 rings (SSSR count). The first-order valence-corrected chi connectivity index (χ1v) is 10.5. The molecule has 2 aromatic rings. The van der Waals surface area contributed by atoms with E-state index in [4.69, 9.17) is 4.74 Å². The second kappa shape index (κ2) is 8.68. The van der Waals surface area contributed by atoms with Crippen molar-refractivity contribution in [3.05, 3.63) is 65.2 Å². The van der Waals surface area contributed by atoms with Gasteiger partial charge in [0.05, 0.1) is 6.04 Å². The molecule has 5 heteroatoms. The quantitative estimate of drug-likeness (QED) is 0.775. The van der Waals surface area contributed by atoms with Gasteiger partial charge in [-0.25, -0.2) is 0 Å². The first-order chi connectivity index (χ1) is 14.1. The lowest BCUT2D eigenvalue weighted by molar-refractivity contribution is 0.0690. The molecule has 2 heterocycles. The minimum absolute atomic E-state index is 0.0753. The topological polar surface area (TPSA) is 49.9 Å². The monoisotopic (exact) mass is 392 g/mol. The van der Waals surface area contributed by atoms with E-state index in [1.807, 2.05) is 65.3 Å². The molecule has 0 aliphatic carbocycles. The standard InChI is InChI=1S/C24H28N2O3/c1-18-6-4-7-20(16-18)24(28)26-15-5-8-21(26)17-29-22-11-9-19(10-12-22)23(27)25-13-2-3-14-25/h4,6-7,9-12,16,21H,2-3,5,8,13-15,17H2,1H3/t21-/m0/s1. The van der Waals surface area contributed by atoms with Crippen LogP contribution in [0.15, 0.2) is 48.5 Å². The zero-order chi connectivity index (χ0) is 20.2. The van der Waals surface area contributed by atoms with Gasteiger partial charge in [-0.3, -0.25) is 9.59 Å². The molecule has 1 atom stereocenters. The number of hydrogen-bond acceptors (Lipinski definition) is 3. The van der Waals surface area contributed by atoms with Crippen LogP contribution in [0.5, 0.6) is 5.75 Å². The number of rotatable bonds is 5. The average Bonchev–Trinajstić information content (AvgIpc) is 3.44. The van der Waals surface area contributed by atoms with Gasteiger partial charge in [0.25, 0.3) is 11.8 Å². The van der Waals surface area contributed by atoms with Gasteiger partial charge in [-0.1, -0.05) is 17.7 Å². The summed E-state index contributed by atoms with van der Waals surface area (Å²) in [6.07, 6.45) is 4.12. The van der Waals surface area contributed by atoms with Crippen LogP contribution in [-0.4, -0.2) is 53.9 Å². The highest BCUT2D eigenvalue weighted by Gasteiger charge is 2.30. The second-order valence-corrected chi connectivity index (χ2v) is 8.00. The minimum atomic E-state index is 0.0753. The van der Waals surface area contributed by atoms with E-state index in [9.17, 15) is 9.59 Å². The fourth-order valence-electron chi connectivity index (χ4n) is 4.21. The smallest absolute Gasteiger partial charge is 0.254 e. The summed E-state index contributed by atoms with van der Waals surface area (Å²) in [7, 11) is 0. The zero-order valence-electron chi connectivity index (χ0n) is 17.0. The van der Waals surface area contributed by atoms with Crippen molar-refractivity contribution >= 4 is 11.8 Å². The molecular formula is C24H28N2O3. The van der Waals surface area contributed by atoms with E-state index in [-0.39, 0.29) is 17.9 Å². The van der Waals surface area contributed by atoms with Gasteiger partial charge in [-0.05, 0) is 69.0 Å². The van der Waals surface area contributed by atoms with E-state index in [0.29, 0.717) is 12.2 Å². The van der Waals surface area contributed by atoms with Gasteiger partial charge in [0.2, 0.25) is 0 Å². The van der Waals surface area contributed by atoms with Gasteiger partial charge in [0, 0.05) is 30.8 Å². The number of carbonyl (C=O) groups excluding carboxylic acids is 2. The van der Waals surface area contributed by atoms with Gasteiger partial charge in [0.1, 0.15) is 12.4 Å². The van der Waals surface area contributed by atoms with E-state index < -0.39 is 0 Å². The minimum Gasteiger partial charge on any atom is -0.491 e. The van der Waals surface area contributed by atoms with E-state index in [2.05, 4.69) is 0 Å². The van der Waals surface area contributed by atoms with Gasteiger partial charge < -0.3 is 14.5 Å². The molecule has 0 N–H and O–H groups in total. The Kier molecular flexibility index (Phi) is 5.84. The van der Waals surface area contributed by atoms with Crippen molar-refractivity contribution in [3.8, 4) is 5.75 Å². The number of carbonyl (C=O) groups is 2. The molecule has 5 nitrogen and oxygen atoms in total. The largest absolute Gasteiger partial charge is 0.491 e. The SMILES string of the molecule is Cc1cccc(C(=O)N2CCC[C@H]2COc2ccc(C(=O)N3CCCC3)cc2)c1. The molecular weight excluding hydrogens is 364 g/mol. The van der Waals surface area contributed by atoms with Crippen LogP contribution in [0, 0.1) is 6.92 Å². The van der Waals surface area contributed by atoms with Crippen molar-refractivity contribution in [2.45, 2.75) is 38.6 Å². The molecule has 2 aromatic carbocycles. The third-order valence-electron chi connectivity index (χ3n) is 5.84. The number of ether oxygens (including phenoxy) is 1. The Labute approximate surface area is 172 Å². The van der Waals surface area contributed by atoms with Gasteiger partial charge in [-0.15, -0.1) is 0 Å². The van der Waals surface area contributed by atoms with E-state index in [1.165, 1.54) is 0 Å². The number of nitrogens with zero attached hydrogens (tertiary/aromatic N) is 2. The van der Waals surface area contributed by atoms with E-state index in [1.54, 1.807) is 0 Å². The lowest BCUT2D eigenvalue weighted by Gasteiger charge is -2.25. The first kappa shape index (κ1) is 19.5. The summed E-state index contributed by atoms with van der Waals surface area (Å²) < 4.78 is 5.97. The van der Waals surface area contributed by atoms with E-state index >= 15 is 0 Å². The highest BCUT2D eigenvalue weighted by atomic mass is 16.5. The highest BCUT2D eigenvalue weighted by molar-refractivity contribution is 5.95. The van der Waals surface area contributed by atoms with Crippen molar-refractivity contribution in [3.63, 3.8) is 0 Å². The maximum Gasteiger partial charge on any atom is 0.254 e. The van der Waals surface area contributed by atoms with Crippen LogP contribution >= 0.6 is 0 Å². The maximum absolute atomic E-state index is 12.9. The molecule has 2 aliphatic heterocycles. The van der Waals surface area contributed by atoms with Crippen LogP contribution in [-0.2, 0) is 0 Å². The summed E-state index contributed by atoms with van der Waals surface area (Å²) in [6, 6.07) is 15.2. The predicted molar refractivity (Wildman–Crippen MR) is 112 cm³/mol. The van der Waals surface area contributed by atoms with Crippen LogP contribution in [0.3, 0.4) is 0 Å². The normalized spacial score (nSPS) is 18.9. The summed E-state index contributed by atoms with van der Waals surface area (Å²) in [4.78, 5) is 29.2. The molecule has 0 unspecified atom stereocenters. The Morgan fingerprint density at radius 2 is 1.69 bits per heavy atom. The van der Waals surface area contributed by atoms with Crippen LogP contribution in [0.1, 0.15) is 52.0 Å². The van der Waals surface area contributed by atoms with Crippen LogP contribution in [0.2, 0.25) is 0 Å². The molecule has 0 saturated carbocycles. The molecule has 152 valence electrons. The summed E-state index contributed by atoms with van der Waals surface area (Å²) in [5.41, 5.74) is 2.53. The van der Waals surface area contributed by atoms with Crippen molar-refractivity contribution in [1.82, 2.24) is 9.80 Å². The van der Waals surface area contributed by atoms with Crippen molar-refractivity contribution in [1.29, 1.82) is 0 Å². The number of aryl methyl sites for hydroxylation is 1. The van der Waals surface area contributed by atoms with Crippen molar-refractivity contribution in [2.75, 3.05) is 26.2 Å². The number of amides is 2. The fourth-order valence-corrected chi connectivity index (χ4v) is 4.21. The summed E-state index contributed by atoms with van der Waals surface area (Å²) in [5.74, 6) is 0.906. The predicted octanol–water partition coefficient (Wildman–Crippen LogP) is 3.91. The molecule has 0 bridgehead atoms. The first-order valence-electron chi connectivity index (χ1n) is 10.5. The second-order valence-electron chi connectivity index (χ2n) is 8.00. The Morgan fingerprint density at radius 1 is 0.931 bits per heavy atom. The lowest BCUT2D eigenvalue weighted by atomic mass is 10.1. The molecule has 2 aliphatic rings. The summed E-state index contributed by atoms with van der Waals surface area (Å²) in [6.45, 7) is 4.94. The van der Waals surface area contributed by atoms with Crippen LogP contribution < -0.4 is 4.74 Å². The Morgan fingerprint density at radius 3 is 2.41 bits per heavy atom. The van der Waals surface area contributed by atoms with E-state index in [0.717, 1.165) is 62.2 Å². The molecule has 0 radical (unpaired) electrons. The number of likely N-dealkylation sites (tertiary alicyclic amines) is 2. The maximum atomic E-state index is 12.9. The van der Waals surface area contributed by atoms with Gasteiger partial charge in [0.15, 0.2) is 0 Å².